The molecule has 1 aliphatic rings. The largest absolute Gasteiger partial charge is 0.416 e. The summed E-state index contributed by atoms with van der Waals surface area (Å²) < 4.78 is 74.1. The number of alkyl halides is 6. The van der Waals surface area contributed by atoms with Crippen molar-refractivity contribution >= 4 is 0 Å². The standard InChI is InChI=1S/C9H8F6/c1-5-3-2-4-6(8(10,11)12)7(5)9(13,14)15/h3H,2,4H2,1H3. The fourth-order valence-electron chi connectivity index (χ4n) is 1.58. The van der Waals surface area contributed by atoms with Gasteiger partial charge in [0.2, 0.25) is 0 Å². The predicted molar refractivity (Wildman–Crippen MR) is 42.1 cm³/mol. The molecule has 6 heteroatoms. The van der Waals surface area contributed by atoms with E-state index in [4.69, 9.17) is 0 Å². The molecule has 0 fully saturated rings. The Morgan fingerprint density at radius 3 is 1.87 bits per heavy atom. The van der Waals surface area contributed by atoms with Crippen LogP contribution in [0.15, 0.2) is 22.8 Å². The lowest BCUT2D eigenvalue weighted by Gasteiger charge is -2.23. The third-order valence-corrected chi connectivity index (χ3v) is 2.17. The van der Waals surface area contributed by atoms with Crippen molar-refractivity contribution in [1.29, 1.82) is 0 Å². The van der Waals surface area contributed by atoms with Crippen LogP contribution in [0.4, 0.5) is 26.3 Å². The number of allylic oxidation sites excluding steroid dienone is 4. The van der Waals surface area contributed by atoms with Crippen molar-refractivity contribution in [2.45, 2.75) is 32.1 Å². The molecule has 0 aromatic carbocycles. The van der Waals surface area contributed by atoms with Crippen LogP contribution in [0.25, 0.3) is 0 Å². The van der Waals surface area contributed by atoms with Crippen LogP contribution in [-0.2, 0) is 0 Å². The number of hydrogen-bond acceptors (Lipinski definition) is 0. The van der Waals surface area contributed by atoms with Gasteiger partial charge >= 0.3 is 12.4 Å². The van der Waals surface area contributed by atoms with Gasteiger partial charge in [0, 0.05) is 5.57 Å². The van der Waals surface area contributed by atoms with E-state index >= 15 is 0 Å². The van der Waals surface area contributed by atoms with Crippen molar-refractivity contribution in [2.75, 3.05) is 0 Å². The van der Waals surface area contributed by atoms with E-state index in [9.17, 15) is 26.3 Å². The Balaban J connectivity index is 3.32. The summed E-state index contributed by atoms with van der Waals surface area (Å²) in [5.74, 6) is 0. The fraction of sp³-hybridized carbons (Fsp3) is 0.556. The van der Waals surface area contributed by atoms with E-state index in [2.05, 4.69) is 0 Å². The highest BCUT2D eigenvalue weighted by Crippen LogP contribution is 2.43. The van der Waals surface area contributed by atoms with E-state index in [1.165, 1.54) is 6.08 Å². The molecule has 0 aliphatic heterocycles. The third-order valence-electron chi connectivity index (χ3n) is 2.17. The summed E-state index contributed by atoms with van der Waals surface area (Å²) in [6, 6.07) is 0. The average Bonchev–Trinajstić information content (AvgIpc) is 1.99. The van der Waals surface area contributed by atoms with Crippen LogP contribution in [0.5, 0.6) is 0 Å². The van der Waals surface area contributed by atoms with Gasteiger partial charge in [-0.25, -0.2) is 0 Å². The highest BCUT2D eigenvalue weighted by molar-refractivity contribution is 5.42. The Morgan fingerprint density at radius 2 is 1.53 bits per heavy atom. The molecule has 0 spiro atoms. The molecular weight excluding hydrogens is 222 g/mol. The first-order chi connectivity index (χ1) is 6.64. The van der Waals surface area contributed by atoms with E-state index in [1.54, 1.807) is 0 Å². The first-order valence-corrected chi connectivity index (χ1v) is 4.18. The Hall–Kier alpha value is -0.940. The minimum absolute atomic E-state index is 0.000255. The maximum absolute atomic E-state index is 12.4. The second-order valence-corrected chi connectivity index (χ2v) is 3.27. The summed E-state index contributed by atoms with van der Waals surface area (Å²) in [5, 5.41) is 0. The normalized spacial score (nSPS) is 19.3. The second-order valence-electron chi connectivity index (χ2n) is 3.27. The molecular formula is C9H8F6. The van der Waals surface area contributed by atoms with Gasteiger partial charge in [-0.3, -0.25) is 0 Å². The number of rotatable bonds is 0. The van der Waals surface area contributed by atoms with Crippen LogP contribution in [-0.4, -0.2) is 12.4 Å². The van der Waals surface area contributed by atoms with E-state index in [-0.39, 0.29) is 12.0 Å². The molecule has 0 heterocycles. The Kier molecular flexibility index (Phi) is 2.89. The molecule has 0 saturated carbocycles. The smallest absolute Gasteiger partial charge is 0.166 e. The summed E-state index contributed by atoms with van der Waals surface area (Å²) in [5.41, 5.74) is -3.34. The zero-order valence-corrected chi connectivity index (χ0v) is 7.76. The molecule has 0 bridgehead atoms. The van der Waals surface area contributed by atoms with E-state index in [0.29, 0.717) is 0 Å². The molecule has 0 N–H and O–H groups in total. The second kappa shape index (κ2) is 3.57. The van der Waals surface area contributed by atoms with Gasteiger partial charge < -0.3 is 0 Å². The molecule has 0 aromatic rings. The molecule has 0 aromatic heterocycles. The van der Waals surface area contributed by atoms with Gasteiger partial charge in [0.15, 0.2) is 0 Å². The van der Waals surface area contributed by atoms with Crippen molar-refractivity contribution < 1.29 is 26.3 Å². The van der Waals surface area contributed by atoms with Gasteiger partial charge in [-0.1, -0.05) is 6.08 Å². The van der Waals surface area contributed by atoms with Crippen LogP contribution in [0.2, 0.25) is 0 Å². The SMILES string of the molecule is CC1=CCCC(C(F)(F)F)=C1C(F)(F)F. The van der Waals surface area contributed by atoms with Gasteiger partial charge in [0.25, 0.3) is 0 Å². The van der Waals surface area contributed by atoms with Crippen LogP contribution < -0.4 is 0 Å². The molecule has 1 rings (SSSR count). The van der Waals surface area contributed by atoms with Crippen LogP contribution >= 0.6 is 0 Å². The summed E-state index contributed by atoms with van der Waals surface area (Å²) in [6.07, 6.45) is -9.26. The Bertz CT molecular complexity index is 314. The topological polar surface area (TPSA) is 0 Å². The highest BCUT2D eigenvalue weighted by atomic mass is 19.4. The molecule has 1 aliphatic carbocycles. The maximum atomic E-state index is 12.4. The summed E-state index contributed by atoms with van der Waals surface area (Å²) >= 11 is 0. The average molecular weight is 230 g/mol. The summed E-state index contributed by atoms with van der Waals surface area (Å²) in [6.45, 7) is 1.05. The van der Waals surface area contributed by atoms with Gasteiger partial charge in [0.1, 0.15) is 0 Å². The zero-order valence-electron chi connectivity index (χ0n) is 7.76. The molecule has 15 heavy (non-hydrogen) atoms. The van der Waals surface area contributed by atoms with E-state index < -0.39 is 29.9 Å². The molecule has 0 atom stereocenters. The minimum atomic E-state index is -4.94. The van der Waals surface area contributed by atoms with E-state index in [0.717, 1.165) is 6.92 Å². The maximum Gasteiger partial charge on any atom is 0.416 e. The van der Waals surface area contributed by atoms with Crippen molar-refractivity contribution in [1.82, 2.24) is 0 Å². The molecule has 0 amide bonds. The number of hydrogen-bond donors (Lipinski definition) is 0. The fourth-order valence-corrected chi connectivity index (χ4v) is 1.58. The molecule has 0 unspecified atom stereocenters. The monoisotopic (exact) mass is 230 g/mol. The minimum Gasteiger partial charge on any atom is -0.166 e. The first kappa shape index (κ1) is 12.1. The molecule has 0 radical (unpaired) electrons. The van der Waals surface area contributed by atoms with E-state index in [1.807, 2.05) is 0 Å². The lowest BCUT2D eigenvalue weighted by atomic mass is 9.91. The molecule has 0 nitrogen and oxygen atoms in total. The summed E-state index contributed by atoms with van der Waals surface area (Å²) in [4.78, 5) is 0. The van der Waals surface area contributed by atoms with Crippen molar-refractivity contribution in [3.63, 3.8) is 0 Å². The van der Waals surface area contributed by atoms with Gasteiger partial charge in [-0.05, 0) is 25.3 Å². The number of halogens is 6. The highest BCUT2D eigenvalue weighted by Gasteiger charge is 2.46. The predicted octanol–water partition coefficient (Wildman–Crippen LogP) is 4.15. The lowest BCUT2D eigenvalue weighted by Crippen LogP contribution is -2.25. The Labute approximate surface area is 82.3 Å². The van der Waals surface area contributed by atoms with Gasteiger partial charge in [0.05, 0.1) is 5.57 Å². The van der Waals surface area contributed by atoms with Crippen molar-refractivity contribution in [3.05, 3.63) is 22.8 Å². The summed E-state index contributed by atoms with van der Waals surface area (Å²) in [7, 11) is 0. The molecule has 86 valence electrons. The van der Waals surface area contributed by atoms with Crippen LogP contribution in [0.1, 0.15) is 19.8 Å². The van der Waals surface area contributed by atoms with Gasteiger partial charge in [-0.15, -0.1) is 0 Å². The van der Waals surface area contributed by atoms with Crippen molar-refractivity contribution in [2.24, 2.45) is 0 Å². The lowest BCUT2D eigenvalue weighted by molar-refractivity contribution is -0.116. The zero-order chi connectivity index (χ0) is 11.9. The van der Waals surface area contributed by atoms with Crippen LogP contribution in [0.3, 0.4) is 0 Å². The quantitative estimate of drug-likeness (QED) is 0.548. The third kappa shape index (κ3) is 2.54. The molecule has 0 saturated heterocycles. The Morgan fingerprint density at radius 1 is 1.00 bits per heavy atom. The first-order valence-electron chi connectivity index (χ1n) is 4.18. The van der Waals surface area contributed by atoms with Gasteiger partial charge in [-0.2, -0.15) is 26.3 Å². The van der Waals surface area contributed by atoms with Crippen molar-refractivity contribution in [3.8, 4) is 0 Å². The van der Waals surface area contributed by atoms with Crippen LogP contribution in [0, 0.1) is 0 Å².